The van der Waals surface area contributed by atoms with Crippen LogP contribution in [0.3, 0.4) is 0 Å². The second kappa shape index (κ2) is 3.55. The van der Waals surface area contributed by atoms with Crippen LogP contribution in [0.25, 0.3) is 0 Å². The van der Waals surface area contributed by atoms with Gasteiger partial charge in [0.05, 0.1) is 5.76 Å². The van der Waals surface area contributed by atoms with Crippen LogP contribution in [0.1, 0.15) is 13.8 Å². The standard InChI is InChI=1S/C5H9O5P/c1-4(2)9-11(7,8)10-5(3)6/h1H2,2-3H3,(H,7,8). The number of carbonyl (C=O) groups is 1. The molecule has 0 rings (SSSR count). The van der Waals surface area contributed by atoms with Crippen LogP contribution in [-0.2, 0) is 18.4 Å². The minimum absolute atomic E-state index is 0.0112. The molecule has 0 amide bonds. The predicted molar refractivity (Wildman–Crippen MR) is 37.5 cm³/mol. The Labute approximate surface area is 64.2 Å². The Morgan fingerprint density at radius 2 is 1.91 bits per heavy atom. The van der Waals surface area contributed by atoms with E-state index in [-0.39, 0.29) is 5.76 Å². The normalized spacial score (nSPS) is 14.8. The predicted octanol–water partition coefficient (Wildman–Crippen LogP) is 1.20. The molecule has 64 valence electrons. The Morgan fingerprint density at radius 3 is 2.18 bits per heavy atom. The Bertz CT molecular complexity index is 201. The lowest BCUT2D eigenvalue weighted by Gasteiger charge is -2.09. The van der Waals surface area contributed by atoms with E-state index in [1.54, 1.807) is 0 Å². The first-order valence-corrected chi connectivity index (χ1v) is 4.21. The second-order valence-electron chi connectivity index (χ2n) is 1.84. The minimum Gasteiger partial charge on any atom is -0.401 e. The molecule has 1 unspecified atom stereocenters. The molecule has 0 spiro atoms. The lowest BCUT2D eigenvalue weighted by atomic mass is 10.7. The van der Waals surface area contributed by atoms with Gasteiger partial charge in [-0.2, -0.15) is 0 Å². The molecule has 0 aromatic heterocycles. The van der Waals surface area contributed by atoms with Gasteiger partial charge in [0.15, 0.2) is 0 Å². The largest absolute Gasteiger partial charge is 0.586 e. The highest BCUT2D eigenvalue weighted by Crippen LogP contribution is 2.45. The van der Waals surface area contributed by atoms with Crippen molar-refractivity contribution in [3.05, 3.63) is 12.3 Å². The van der Waals surface area contributed by atoms with Crippen molar-refractivity contribution in [2.24, 2.45) is 0 Å². The van der Waals surface area contributed by atoms with Gasteiger partial charge in [-0.05, 0) is 6.92 Å². The Kier molecular flexibility index (Phi) is 3.29. The zero-order chi connectivity index (χ0) is 9.07. The molecule has 0 saturated heterocycles. The highest BCUT2D eigenvalue weighted by Gasteiger charge is 2.25. The molecule has 0 aliphatic heterocycles. The molecule has 1 N–H and O–H groups in total. The molecular formula is C5H9O5P. The summed E-state index contributed by atoms with van der Waals surface area (Å²) in [7, 11) is -4.25. The van der Waals surface area contributed by atoms with Crippen LogP contribution in [0, 0.1) is 0 Å². The first-order valence-electron chi connectivity index (χ1n) is 2.71. The van der Waals surface area contributed by atoms with Crippen LogP contribution >= 0.6 is 7.82 Å². The average molecular weight is 180 g/mol. The summed E-state index contributed by atoms with van der Waals surface area (Å²) in [6.07, 6.45) is 0. The van der Waals surface area contributed by atoms with Crippen molar-refractivity contribution in [3.63, 3.8) is 0 Å². The van der Waals surface area contributed by atoms with Crippen molar-refractivity contribution < 1.29 is 23.3 Å². The van der Waals surface area contributed by atoms with E-state index in [2.05, 4.69) is 15.6 Å². The van der Waals surface area contributed by atoms with Crippen molar-refractivity contribution >= 4 is 13.8 Å². The summed E-state index contributed by atoms with van der Waals surface area (Å²) in [5.74, 6) is -0.867. The maximum Gasteiger partial charge on any atom is 0.586 e. The van der Waals surface area contributed by atoms with Crippen molar-refractivity contribution in [3.8, 4) is 0 Å². The molecule has 1 atom stereocenters. The third-order valence-electron chi connectivity index (χ3n) is 0.515. The molecule has 0 radical (unpaired) electrons. The molecule has 0 saturated carbocycles. The number of phosphoric ester groups is 1. The highest BCUT2D eigenvalue weighted by molar-refractivity contribution is 7.48. The van der Waals surface area contributed by atoms with Gasteiger partial charge >= 0.3 is 13.8 Å². The van der Waals surface area contributed by atoms with Gasteiger partial charge in [-0.15, -0.1) is 0 Å². The quantitative estimate of drug-likeness (QED) is 0.521. The van der Waals surface area contributed by atoms with Gasteiger partial charge in [0.1, 0.15) is 0 Å². The van der Waals surface area contributed by atoms with Gasteiger partial charge in [0.25, 0.3) is 0 Å². The fraction of sp³-hybridized carbons (Fsp3) is 0.400. The molecule has 0 heterocycles. The van der Waals surface area contributed by atoms with Gasteiger partial charge in [-0.3, -0.25) is 9.69 Å². The molecule has 6 heteroatoms. The SMILES string of the molecule is C=C(C)OP(=O)(O)OC(C)=O. The Balaban J connectivity index is 4.12. The first kappa shape index (κ1) is 10.2. The fourth-order valence-electron chi connectivity index (χ4n) is 0.378. The topological polar surface area (TPSA) is 72.8 Å². The van der Waals surface area contributed by atoms with Crippen molar-refractivity contribution in [2.45, 2.75) is 13.8 Å². The lowest BCUT2D eigenvalue weighted by Crippen LogP contribution is -1.98. The van der Waals surface area contributed by atoms with Gasteiger partial charge in [0, 0.05) is 6.92 Å². The third-order valence-corrected chi connectivity index (χ3v) is 1.55. The monoisotopic (exact) mass is 180 g/mol. The maximum absolute atomic E-state index is 10.7. The van der Waals surface area contributed by atoms with E-state index >= 15 is 0 Å². The summed E-state index contributed by atoms with van der Waals surface area (Å²) >= 11 is 0. The van der Waals surface area contributed by atoms with Crippen LogP contribution in [0.2, 0.25) is 0 Å². The molecular weight excluding hydrogens is 171 g/mol. The fourth-order valence-corrected chi connectivity index (χ4v) is 1.13. The molecule has 5 nitrogen and oxygen atoms in total. The van der Waals surface area contributed by atoms with E-state index in [0.29, 0.717) is 0 Å². The van der Waals surface area contributed by atoms with E-state index in [0.717, 1.165) is 6.92 Å². The van der Waals surface area contributed by atoms with Crippen LogP contribution < -0.4 is 0 Å². The van der Waals surface area contributed by atoms with E-state index in [4.69, 9.17) is 4.89 Å². The molecule has 0 bridgehead atoms. The van der Waals surface area contributed by atoms with E-state index in [1.807, 2.05) is 0 Å². The number of rotatable bonds is 3. The smallest absolute Gasteiger partial charge is 0.401 e. The molecule has 0 aromatic carbocycles. The zero-order valence-electron chi connectivity index (χ0n) is 6.23. The summed E-state index contributed by atoms with van der Waals surface area (Å²) in [6, 6.07) is 0. The van der Waals surface area contributed by atoms with E-state index in [9.17, 15) is 9.36 Å². The summed E-state index contributed by atoms with van der Waals surface area (Å²) in [4.78, 5) is 18.9. The van der Waals surface area contributed by atoms with Gasteiger partial charge in [-0.25, -0.2) is 4.57 Å². The summed E-state index contributed by atoms with van der Waals surface area (Å²) in [6.45, 7) is 5.57. The maximum atomic E-state index is 10.7. The van der Waals surface area contributed by atoms with Crippen LogP contribution in [-0.4, -0.2) is 10.9 Å². The Morgan fingerprint density at radius 1 is 1.45 bits per heavy atom. The molecule has 0 aromatic rings. The van der Waals surface area contributed by atoms with E-state index < -0.39 is 13.8 Å². The number of carbonyl (C=O) groups excluding carboxylic acids is 1. The molecule has 0 aliphatic carbocycles. The van der Waals surface area contributed by atoms with Crippen LogP contribution in [0.4, 0.5) is 0 Å². The van der Waals surface area contributed by atoms with Crippen LogP contribution in [0.15, 0.2) is 12.3 Å². The molecule has 0 aliphatic rings. The Hall–Kier alpha value is -0.800. The third kappa shape index (κ3) is 5.63. The second-order valence-corrected chi connectivity index (χ2v) is 3.15. The lowest BCUT2D eigenvalue weighted by molar-refractivity contribution is -0.133. The van der Waals surface area contributed by atoms with E-state index in [1.165, 1.54) is 6.92 Å². The molecule has 11 heavy (non-hydrogen) atoms. The number of phosphoric acid groups is 1. The summed E-state index contributed by atoms with van der Waals surface area (Å²) in [5, 5.41) is 0. The van der Waals surface area contributed by atoms with Gasteiger partial charge < -0.3 is 9.05 Å². The number of allylic oxidation sites excluding steroid dienone is 1. The number of hydrogen-bond acceptors (Lipinski definition) is 4. The highest BCUT2D eigenvalue weighted by atomic mass is 31.2. The van der Waals surface area contributed by atoms with Crippen molar-refractivity contribution in [1.82, 2.24) is 0 Å². The first-order chi connectivity index (χ1) is 4.83. The number of hydrogen-bond donors (Lipinski definition) is 1. The zero-order valence-corrected chi connectivity index (χ0v) is 7.13. The summed E-state index contributed by atoms with van der Waals surface area (Å²) in [5.41, 5.74) is 0. The van der Waals surface area contributed by atoms with Crippen molar-refractivity contribution in [2.75, 3.05) is 0 Å². The van der Waals surface area contributed by atoms with Crippen molar-refractivity contribution in [1.29, 1.82) is 0 Å². The average Bonchev–Trinajstić information content (AvgIpc) is 1.53. The minimum atomic E-state index is -4.25. The molecule has 0 fully saturated rings. The summed E-state index contributed by atoms with van der Waals surface area (Å²) < 4.78 is 18.8. The van der Waals surface area contributed by atoms with Crippen LogP contribution in [0.5, 0.6) is 0 Å². The van der Waals surface area contributed by atoms with Gasteiger partial charge in [0.2, 0.25) is 0 Å². The van der Waals surface area contributed by atoms with Gasteiger partial charge in [-0.1, -0.05) is 6.58 Å².